The molecule has 0 aromatic heterocycles. The first-order chi connectivity index (χ1) is 8.15. The second-order valence-electron chi connectivity index (χ2n) is 6.52. The van der Waals surface area contributed by atoms with Crippen LogP contribution in [-0.2, 0) is 4.74 Å². The fraction of sp³-hybridized carbons (Fsp3) is 1.00. The third-order valence-electron chi connectivity index (χ3n) is 4.65. The highest BCUT2D eigenvalue weighted by Gasteiger charge is 2.27. The minimum absolute atomic E-state index is 0.668. The van der Waals surface area contributed by atoms with Crippen molar-refractivity contribution in [2.75, 3.05) is 13.2 Å². The van der Waals surface area contributed by atoms with Crippen molar-refractivity contribution < 1.29 is 4.74 Å². The smallest absolute Gasteiger partial charge is 0.0469 e. The minimum Gasteiger partial charge on any atom is -0.381 e. The Morgan fingerprint density at radius 2 is 1.59 bits per heavy atom. The molecular formula is C15H29NO. The van der Waals surface area contributed by atoms with Crippen molar-refractivity contribution in [2.45, 2.75) is 65.0 Å². The first kappa shape index (κ1) is 13.4. The summed E-state index contributed by atoms with van der Waals surface area (Å²) < 4.78 is 5.45. The van der Waals surface area contributed by atoms with Gasteiger partial charge in [0, 0.05) is 25.3 Å². The molecule has 1 heterocycles. The summed E-state index contributed by atoms with van der Waals surface area (Å²) in [6, 6.07) is 1.42. The number of hydrogen-bond donors (Lipinski definition) is 1. The Morgan fingerprint density at radius 3 is 2.18 bits per heavy atom. The highest BCUT2D eigenvalue weighted by atomic mass is 16.5. The van der Waals surface area contributed by atoms with E-state index >= 15 is 0 Å². The highest BCUT2D eigenvalue weighted by molar-refractivity contribution is 4.84. The Kier molecular flexibility index (Phi) is 4.87. The van der Waals surface area contributed by atoms with Crippen molar-refractivity contribution in [3.63, 3.8) is 0 Å². The number of nitrogens with one attached hydrogen (secondary N) is 1. The first-order valence-electron chi connectivity index (χ1n) is 7.49. The van der Waals surface area contributed by atoms with Crippen molar-refractivity contribution in [1.29, 1.82) is 0 Å². The van der Waals surface area contributed by atoms with Gasteiger partial charge in [-0.05, 0) is 56.8 Å². The van der Waals surface area contributed by atoms with Crippen molar-refractivity contribution in [3.05, 3.63) is 0 Å². The van der Waals surface area contributed by atoms with Crippen molar-refractivity contribution in [3.8, 4) is 0 Å². The van der Waals surface area contributed by atoms with Gasteiger partial charge in [0.1, 0.15) is 0 Å². The SMILES string of the molecule is CC1CC(C)CC(NC(C)C2CCOCC2)C1. The van der Waals surface area contributed by atoms with Crippen LogP contribution in [0.1, 0.15) is 52.9 Å². The van der Waals surface area contributed by atoms with Crippen molar-refractivity contribution in [2.24, 2.45) is 17.8 Å². The molecule has 17 heavy (non-hydrogen) atoms. The zero-order chi connectivity index (χ0) is 12.3. The lowest BCUT2D eigenvalue weighted by Crippen LogP contribution is -2.45. The molecule has 2 rings (SSSR count). The first-order valence-corrected chi connectivity index (χ1v) is 7.49. The van der Waals surface area contributed by atoms with E-state index in [0.717, 1.165) is 37.0 Å². The zero-order valence-corrected chi connectivity index (χ0v) is 11.7. The van der Waals surface area contributed by atoms with Gasteiger partial charge in [0.15, 0.2) is 0 Å². The number of rotatable bonds is 3. The lowest BCUT2D eigenvalue weighted by molar-refractivity contribution is 0.0523. The van der Waals surface area contributed by atoms with Crippen molar-refractivity contribution in [1.82, 2.24) is 5.32 Å². The Labute approximate surface area is 107 Å². The van der Waals surface area contributed by atoms with E-state index in [2.05, 4.69) is 26.1 Å². The number of hydrogen-bond acceptors (Lipinski definition) is 2. The standard InChI is InChI=1S/C15H29NO/c1-11-8-12(2)10-15(9-11)16-13(3)14-4-6-17-7-5-14/h11-16H,4-10H2,1-3H3. The van der Waals surface area contributed by atoms with Gasteiger partial charge in [0.25, 0.3) is 0 Å². The second kappa shape index (κ2) is 6.19. The Hall–Kier alpha value is -0.0800. The van der Waals surface area contributed by atoms with Crippen LogP contribution in [0.5, 0.6) is 0 Å². The summed E-state index contributed by atoms with van der Waals surface area (Å²) in [5, 5.41) is 3.89. The van der Waals surface area contributed by atoms with Crippen LogP contribution in [-0.4, -0.2) is 25.3 Å². The number of ether oxygens (including phenoxy) is 1. The summed E-state index contributed by atoms with van der Waals surface area (Å²) >= 11 is 0. The average Bonchev–Trinajstić information content (AvgIpc) is 2.28. The summed E-state index contributed by atoms with van der Waals surface area (Å²) in [6.07, 6.45) is 6.65. The fourth-order valence-corrected chi connectivity index (χ4v) is 3.81. The molecule has 2 nitrogen and oxygen atoms in total. The lowest BCUT2D eigenvalue weighted by Gasteiger charge is -2.37. The van der Waals surface area contributed by atoms with E-state index in [0.29, 0.717) is 6.04 Å². The van der Waals surface area contributed by atoms with Crippen LogP contribution in [0, 0.1) is 17.8 Å². The normalized spacial score (nSPS) is 37.9. The average molecular weight is 239 g/mol. The second-order valence-corrected chi connectivity index (χ2v) is 6.52. The summed E-state index contributed by atoms with van der Waals surface area (Å²) in [6.45, 7) is 9.12. The maximum absolute atomic E-state index is 5.45. The van der Waals surface area contributed by atoms with Crippen LogP contribution in [0.3, 0.4) is 0 Å². The van der Waals surface area contributed by atoms with E-state index in [4.69, 9.17) is 4.74 Å². The molecule has 0 radical (unpaired) electrons. The molecule has 0 amide bonds. The van der Waals surface area contributed by atoms with Gasteiger partial charge in [0.2, 0.25) is 0 Å². The molecule has 3 unspecified atom stereocenters. The molecular weight excluding hydrogens is 210 g/mol. The molecule has 0 aromatic rings. The molecule has 3 atom stereocenters. The van der Waals surface area contributed by atoms with E-state index in [1.807, 2.05) is 0 Å². The third kappa shape index (κ3) is 3.96. The van der Waals surface area contributed by atoms with Gasteiger partial charge in [0.05, 0.1) is 0 Å². The van der Waals surface area contributed by atoms with Crippen LogP contribution in [0.4, 0.5) is 0 Å². The van der Waals surface area contributed by atoms with Crippen LogP contribution in [0.25, 0.3) is 0 Å². The molecule has 1 saturated heterocycles. The Bertz CT molecular complexity index is 215. The van der Waals surface area contributed by atoms with Gasteiger partial charge in [-0.1, -0.05) is 13.8 Å². The van der Waals surface area contributed by atoms with Crippen LogP contribution < -0.4 is 5.32 Å². The van der Waals surface area contributed by atoms with Crippen LogP contribution in [0.2, 0.25) is 0 Å². The Morgan fingerprint density at radius 1 is 1.00 bits per heavy atom. The van der Waals surface area contributed by atoms with Crippen LogP contribution >= 0.6 is 0 Å². The summed E-state index contributed by atoms with van der Waals surface area (Å²) in [4.78, 5) is 0. The van der Waals surface area contributed by atoms with Gasteiger partial charge in [-0.2, -0.15) is 0 Å². The lowest BCUT2D eigenvalue weighted by atomic mass is 9.79. The Balaban J connectivity index is 1.78. The molecule has 1 aliphatic heterocycles. The van der Waals surface area contributed by atoms with Gasteiger partial charge >= 0.3 is 0 Å². The van der Waals surface area contributed by atoms with Crippen molar-refractivity contribution >= 4 is 0 Å². The van der Waals surface area contributed by atoms with E-state index < -0.39 is 0 Å². The fourth-order valence-electron chi connectivity index (χ4n) is 3.81. The summed E-state index contributed by atoms with van der Waals surface area (Å²) in [5.41, 5.74) is 0. The molecule has 0 spiro atoms. The molecule has 1 N–H and O–H groups in total. The van der Waals surface area contributed by atoms with E-state index in [9.17, 15) is 0 Å². The van der Waals surface area contributed by atoms with Gasteiger partial charge in [-0.3, -0.25) is 0 Å². The monoisotopic (exact) mass is 239 g/mol. The highest BCUT2D eigenvalue weighted by Crippen LogP contribution is 2.29. The predicted octanol–water partition coefficient (Wildman–Crippen LogP) is 3.22. The molecule has 2 fully saturated rings. The van der Waals surface area contributed by atoms with Crippen LogP contribution in [0.15, 0.2) is 0 Å². The van der Waals surface area contributed by atoms with E-state index in [1.54, 1.807) is 0 Å². The molecule has 100 valence electrons. The molecule has 2 aliphatic rings. The molecule has 1 saturated carbocycles. The zero-order valence-electron chi connectivity index (χ0n) is 11.7. The van der Waals surface area contributed by atoms with E-state index in [-0.39, 0.29) is 0 Å². The minimum atomic E-state index is 0.668. The maximum Gasteiger partial charge on any atom is 0.0469 e. The molecule has 0 aromatic carbocycles. The van der Waals surface area contributed by atoms with E-state index in [1.165, 1.54) is 32.1 Å². The topological polar surface area (TPSA) is 21.3 Å². The largest absolute Gasteiger partial charge is 0.381 e. The quantitative estimate of drug-likeness (QED) is 0.816. The summed E-state index contributed by atoms with van der Waals surface area (Å²) in [7, 11) is 0. The predicted molar refractivity (Wildman–Crippen MR) is 72.1 cm³/mol. The maximum atomic E-state index is 5.45. The molecule has 1 aliphatic carbocycles. The van der Waals surface area contributed by atoms with Gasteiger partial charge < -0.3 is 10.1 Å². The molecule has 2 heteroatoms. The molecule has 0 bridgehead atoms. The van der Waals surface area contributed by atoms with Gasteiger partial charge in [-0.25, -0.2) is 0 Å². The van der Waals surface area contributed by atoms with Gasteiger partial charge in [-0.15, -0.1) is 0 Å². The third-order valence-corrected chi connectivity index (χ3v) is 4.65. The summed E-state index contributed by atoms with van der Waals surface area (Å²) in [5.74, 6) is 2.63.